The van der Waals surface area contributed by atoms with E-state index in [0.717, 1.165) is 30.8 Å². The smallest absolute Gasteiger partial charge is 0.361 e. The molecule has 8 heteroatoms. The van der Waals surface area contributed by atoms with Gasteiger partial charge in [-0.05, 0) is 44.5 Å². The van der Waals surface area contributed by atoms with Crippen LogP contribution >= 0.6 is 0 Å². The lowest BCUT2D eigenvalue weighted by Gasteiger charge is -2.22. The Labute approximate surface area is 149 Å². The SMILES string of the molecule is Cc1cc(C2CCCN2CCC(=O)Nc2ccc3c(c2)=NC(=O)N=3)no1. The van der Waals surface area contributed by atoms with Gasteiger partial charge in [0, 0.05) is 24.7 Å². The van der Waals surface area contributed by atoms with Crippen LogP contribution < -0.4 is 16.0 Å². The lowest BCUT2D eigenvalue weighted by Crippen LogP contribution is -2.28. The average molecular weight is 353 g/mol. The average Bonchev–Trinajstić information content (AvgIpc) is 3.31. The van der Waals surface area contributed by atoms with E-state index in [1.165, 1.54) is 0 Å². The molecule has 2 aliphatic rings. The van der Waals surface area contributed by atoms with Gasteiger partial charge in [-0.25, -0.2) is 4.79 Å². The molecule has 1 saturated heterocycles. The van der Waals surface area contributed by atoms with Crippen LogP contribution in [0.4, 0.5) is 10.5 Å². The summed E-state index contributed by atoms with van der Waals surface area (Å²) in [7, 11) is 0. The van der Waals surface area contributed by atoms with Gasteiger partial charge in [-0.1, -0.05) is 5.16 Å². The number of hydrogen-bond acceptors (Lipinski definition) is 5. The fraction of sp³-hybridized carbons (Fsp3) is 0.389. The van der Waals surface area contributed by atoms with Gasteiger partial charge in [0.2, 0.25) is 5.91 Å². The molecule has 1 N–H and O–H groups in total. The molecule has 1 atom stereocenters. The molecular formula is C18H19N5O3. The Bertz CT molecular complexity index is 981. The van der Waals surface area contributed by atoms with Gasteiger partial charge in [0.15, 0.2) is 0 Å². The van der Waals surface area contributed by atoms with Gasteiger partial charge in [-0.3, -0.25) is 9.69 Å². The zero-order chi connectivity index (χ0) is 18.1. The van der Waals surface area contributed by atoms with Crippen molar-refractivity contribution in [1.29, 1.82) is 0 Å². The number of carbonyl (C=O) groups excluding carboxylic acids is 2. The Balaban J connectivity index is 1.36. The largest absolute Gasteiger partial charge is 0.368 e. The molecular weight excluding hydrogens is 334 g/mol. The molecule has 3 amide bonds. The van der Waals surface area contributed by atoms with Crippen molar-refractivity contribution >= 4 is 17.6 Å². The second-order valence-corrected chi connectivity index (χ2v) is 6.56. The Morgan fingerprint density at radius 1 is 1.31 bits per heavy atom. The van der Waals surface area contributed by atoms with E-state index in [1.54, 1.807) is 18.2 Å². The van der Waals surface area contributed by atoms with Gasteiger partial charge < -0.3 is 9.84 Å². The highest BCUT2D eigenvalue weighted by Gasteiger charge is 2.28. The summed E-state index contributed by atoms with van der Waals surface area (Å²) in [6.45, 7) is 3.49. The number of nitrogens with one attached hydrogen (secondary N) is 1. The molecule has 2 aromatic rings. The van der Waals surface area contributed by atoms with Crippen LogP contribution in [0.5, 0.6) is 0 Å². The third-order valence-corrected chi connectivity index (χ3v) is 4.67. The molecule has 3 heterocycles. The minimum atomic E-state index is -0.508. The summed E-state index contributed by atoms with van der Waals surface area (Å²) >= 11 is 0. The van der Waals surface area contributed by atoms with Crippen LogP contribution in [0.2, 0.25) is 0 Å². The number of likely N-dealkylation sites (tertiary alicyclic amines) is 1. The number of amides is 3. The van der Waals surface area contributed by atoms with E-state index in [-0.39, 0.29) is 11.9 Å². The summed E-state index contributed by atoms with van der Waals surface area (Å²) in [5, 5.41) is 8.01. The monoisotopic (exact) mass is 353 g/mol. The second-order valence-electron chi connectivity index (χ2n) is 6.56. The molecule has 1 aromatic carbocycles. The molecule has 2 aliphatic heterocycles. The molecule has 0 bridgehead atoms. The zero-order valence-corrected chi connectivity index (χ0v) is 14.4. The molecule has 1 fully saturated rings. The van der Waals surface area contributed by atoms with Crippen molar-refractivity contribution in [2.24, 2.45) is 9.98 Å². The third-order valence-electron chi connectivity index (χ3n) is 4.67. The Hall–Kier alpha value is -2.87. The highest BCUT2D eigenvalue weighted by Crippen LogP contribution is 2.31. The summed E-state index contributed by atoms with van der Waals surface area (Å²) in [6, 6.07) is 6.74. The van der Waals surface area contributed by atoms with E-state index in [4.69, 9.17) is 4.52 Å². The Morgan fingerprint density at radius 2 is 2.15 bits per heavy atom. The number of hydrogen-bond donors (Lipinski definition) is 1. The van der Waals surface area contributed by atoms with Crippen LogP contribution in [-0.2, 0) is 4.79 Å². The summed E-state index contributed by atoms with van der Waals surface area (Å²) < 4.78 is 5.18. The number of benzene rings is 1. The van der Waals surface area contributed by atoms with Crippen molar-refractivity contribution in [2.45, 2.75) is 32.2 Å². The fourth-order valence-corrected chi connectivity index (χ4v) is 3.46. The lowest BCUT2D eigenvalue weighted by molar-refractivity contribution is -0.116. The van der Waals surface area contributed by atoms with Gasteiger partial charge in [0.05, 0.1) is 16.8 Å². The van der Waals surface area contributed by atoms with E-state index < -0.39 is 6.03 Å². The van der Waals surface area contributed by atoms with Crippen LogP contribution in [0, 0.1) is 6.92 Å². The summed E-state index contributed by atoms with van der Waals surface area (Å²) in [4.78, 5) is 33.3. The number of carbonyl (C=O) groups is 2. The van der Waals surface area contributed by atoms with Crippen molar-refractivity contribution in [3.05, 3.63) is 46.4 Å². The first-order valence-electron chi connectivity index (χ1n) is 8.67. The maximum Gasteiger partial charge on any atom is 0.368 e. The number of aryl methyl sites for hydroxylation is 1. The first-order valence-corrected chi connectivity index (χ1v) is 8.67. The van der Waals surface area contributed by atoms with E-state index in [1.807, 2.05) is 13.0 Å². The van der Waals surface area contributed by atoms with E-state index in [0.29, 0.717) is 29.4 Å². The van der Waals surface area contributed by atoms with Crippen molar-refractivity contribution < 1.29 is 14.1 Å². The maximum atomic E-state index is 12.3. The third kappa shape index (κ3) is 3.41. The molecule has 0 aliphatic carbocycles. The summed E-state index contributed by atoms with van der Waals surface area (Å²) in [6.07, 6.45) is 2.49. The van der Waals surface area contributed by atoms with Gasteiger partial charge in [0.1, 0.15) is 11.5 Å². The minimum Gasteiger partial charge on any atom is -0.361 e. The van der Waals surface area contributed by atoms with E-state index in [9.17, 15) is 9.59 Å². The lowest BCUT2D eigenvalue weighted by atomic mass is 10.1. The molecule has 4 rings (SSSR count). The van der Waals surface area contributed by atoms with Crippen LogP contribution in [0.25, 0.3) is 0 Å². The highest BCUT2D eigenvalue weighted by molar-refractivity contribution is 5.90. The number of fused-ring (bicyclic) bond motifs is 1. The van der Waals surface area contributed by atoms with Crippen molar-refractivity contribution in [1.82, 2.24) is 10.1 Å². The second kappa shape index (κ2) is 6.80. The topological polar surface area (TPSA) is 100 Å². The van der Waals surface area contributed by atoms with E-state index in [2.05, 4.69) is 25.4 Å². The number of nitrogens with zero attached hydrogens (tertiary/aromatic N) is 4. The molecule has 0 radical (unpaired) electrons. The molecule has 0 spiro atoms. The zero-order valence-electron chi connectivity index (χ0n) is 14.4. The van der Waals surface area contributed by atoms with Crippen molar-refractivity contribution in [2.75, 3.05) is 18.4 Å². The number of urea groups is 1. The first kappa shape index (κ1) is 16.6. The molecule has 0 saturated carbocycles. The van der Waals surface area contributed by atoms with Gasteiger partial charge >= 0.3 is 6.03 Å². The van der Waals surface area contributed by atoms with Crippen molar-refractivity contribution in [3.8, 4) is 0 Å². The number of anilines is 1. The Morgan fingerprint density at radius 3 is 2.96 bits per heavy atom. The molecule has 1 aromatic heterocycles. The van der Waals surface area contributed by atoms with E-state index >= 15 is 0 Å². The highest BCUT2D eigenvalue weighted by atomic mass is 16.5. The van der Waals surface area contributed by atoms with Gasteiger partial charge in [-0.15, -0.1) is 0 Å². The predicted molar refractivity (Wildman–Crippen MR) is 92.2 cm³/mol. The van der Waals surface area contributed by atoms with Crippen LogP contribution in [0.15, 0.2) is 38.8 Å². The van der Waals surface area contributed by atoms with Crippen molar-refractivity contribution in [3.63, 3.8) is 0 Å². The normalized spacial score (nSPS) is 19.1. The van der Waals surface area contributed by atoms with Gasteiger partial charge in [0.25, 0.3) is 0 Å². The first-order chi connectivity index (χ1) is 12.6. The number of rotatable bonds is 5. The molecule has 8 nitrogen and oxygen atoms in total. The molecule has 26 heavy (non-hydrogen) atoms. The number of aromatic nitrogens is 1. The minimum absolute atomic E-state index is 0.0757. The van der Waals surface area contributed by atoms with Crippen LogP contribution in [0.3, 0.4) is 0 Å². The molecule has 134 valence electrons. The van der Waals surface area contributed by atoms with Crippen LogP contribution in [-0.4, -0.2) is 35.1 Å². The fourth-order valence-electron chi connectivity index (χ4n) is 3.46. The maximum absolute atomic E-state index is 12.3. The molecule has 1 unspecified atom stereocenters. The standard InChI is InChI=1S/C18H19N5O3/c1-11-9-15(22-26-11)16-3-2-7-23(16)8-6-17(24)19-12-4-5-13-14(10-12)21-18(25)20-13/h4-5,9-10,16H,2-3,6-8H2,1H3,(H,19,24). The van der Waals surface area contributed by atoms with Crippen LogP contribution in [0.1, 0.15) is 36.8 Å². The summed E-state index contributed by atoms with van der Waals surface area (Å²) in [5.74, 6) is 0.727. The van der Waals surface area contributed by atoms with Gasteiger partial charge in [-0.2, -0.15) is 9.98 Å². The summed E-state index contributed by atoms with van der Waals surface area (Å²) in [5.41, 5.74) is 1.56. The predicted octanol–water partition coefficient (Wildman–Crippen LogP) is 1.52. The quantitative estimate of drug-likeness (QED) is 0.878. The Kier molecular flexibility index (Phi) is 4.34.